The number of rotatable bonds is 3. The second kappa shape index (κ2) is 5.42. The molecule has 4 heteroatoms. The van der Waals surface area contributed by atoms with E-state index in [1.165, 1.54) is 0 Å². The third-order valence-electron chi connectivity index (χ3n) is 2.69. The highest BCUT2D eigenvalue weighted by atomic mass is 31.0. The highest BCUT2D eigenvalue weighted by Crippen LogP contribution is 2.18. The van der Waals surface area contributed by atoms with Gasteiger partial charge in [-0.3, -0.25) is 10.1 Å². The maximum atomic E-state index is 11.7. The van der Waals surface area contributed by atoms with Gasteiger partial charge in [0.15, 0.2) is 0 Å². The predicted molar refractivity (Wildman–Crippen MR) is 65.9 cm³/mol. The van der Waals surface area contributed by atoms with E-state index in [-0.39, 0.29) is 12.0 Å². The summed E-state index contributed by atoms with van der Waals surface area (Å²) in [5.41, 5.74) is 1.02. The van der Waals surface area contributed by atoms with E-state index in [1.807, 2.05) is 30.3 Å². The molecule has 1 heterocycles. The number of nitrogens with one attached hydrogen (secondary N) is 1. The van der Waals surface area contributed by atoms with Crippen LogP contribution in [0.4, 0.5) is 0 Å². The Labute approximate surface area is 97.8 Å². The lowest BCUT2D eigenvalue weighted by Crippen LogP contribution is -2.34. The summed E-state index contributed by atoms with van der Waals surface area (Å²) in [6.07, 6.45) is 1.87. The maximum Gasteiger partial charge on any atom is 0.323 e. The van der Waals surface area contributed by atoms with E-state index in [2.05, 4.69) is 14.6 Å². The Morgan fingerprint density at radius 2 is 2.12 bits per heavy atom. The molecule has 1 unspecified atom stereocenters. The Bertz CT molecular complexity index is 355. The van der Waals surface area contributed by atoms with Crippen molar-refractivity contribution < 1.29 is 9.53 Å². The zero-order chi connectivity index (χ0) is 11.4. The zero-order valence-corrected chi connectivity index (χ0v) is 10.2. The maximum absolute atomic E-state index is 11.7. The summed E-state index contributed by atoms with van der Waals surface area (Å²) in [5.74, 6) is 0.197. The molecule has 1 aromatic carbocycles. The molecule has 2 rings (SSSR count). The minimum Gasteiger partial charge on any atom is -0.460 e. The van der Waals surface area contributed by atoms with E-state index in [4.69, 9.17) is 4.74 Å². The second-order valence-corrected chi connectivity index (χ2v) is 4.80. The fourth-order valence-electron chi connectivity index (χ4n) is 1.79. The Morgan fingerprint density at radius 3 is 2.75 bits per heavy atom. The Morgan fingerprint density at radius 1 is 1.38 bits per heavy atom. The van der Waals surface area contributed by atoms with Gasteiger partial charge in [0.2, 0.25) is 0 Å². The molecule has 0 spiro atoms. The number of benzene rings is 1. The van der Waals surface area contributed by atoms with Gasteiger partial charge in [0.1, 0.15) is 12.6 Å². The van der Waals surface area contributed by atoms with Gasteiger partial charge >= 0.3 is 5.97 Å². The summed E-state index contributed by atoms with van der Waals surface area (Å²) in [7, 11) is 2.68. The fourth-order valence-corrected chi connectivity index (χ4v) is 2.21. The van der Waals surface area contributed by atoms with E-state index in [9.17, 15) is 4.79 Å². The van der Waals surface area contributed by atoms with Gasteiger partial charge < -0.3 is 4.74 Å². The first-order chi connectivity index (χ1) is 7.75. The van der Waals surface area contributed by atoms with Crippen molar-refractivity contribution >= 4 is 15.2 Å². The first kappa shape index (κ1) is 11.6. The van der Waals surface area contributed by atoms with E-state index < -0.39 is 0 Å². The van der Waals surface area contributed by atoms with Crippen LogP contribution >= 0.6 is 9.24 Å². The Hall–Kier alpha value is -0.920. The number of hydrogen-bond acceptors (Lipinski definition) is 3. The van der Waals surface area contributed by atoms with Crippen LogP contribution in [0, 0.1) is 0 Å². The molecule has 1 fully saturated rings. The summed E-state index contributed by atoms with van der Waals surface area (Å²) >= 11 is 0. The van der Waals surface area contributed by atoms with E-state index in [0.717, 1.165) is 18.4 Å². The van der Waals surface area contributed by atoms with Crippen molar-refractivity contribution in [2.24, 2.45) is 0 Å². The normalized spacial score (nSPS) is 24.3. The number of esters is 1. The largest absolute Gasteiger partial charge is 0.460 e. The Kier molecular flexibility index (Phi) is 3.92. The van der Waals surface area contributed by atoms with Crippen molar-refractivity contribution in [1.82, 2.24) is 5.32 Å². The molecule has 1 aliphatic heterocycles. The third kappa shape index (κ3) is 3.03. The molecule has 3 atom stereocenters. The van der Waals surface area contributed by atoms with E-state index in [1.54, 1.807) is 0 Å². The molecule has 0 saturated carbocycles. The summed E-state index contributed by atoms with van der Waals surface area (Å²) in [4.78, 5) is 11.7. The summed E-state index contributed by atoms with van der Waals surface area (Å²) < 4.78 is 5.25. The molecule has 1 aromatic rings. The van der Waals surface area contributed by atoms with Gasteiger partial charge in [0.05, 0.1) is 0 Å². The molecule has 0 radical (unpaired) electrons. The molecule has 0 aromatic heterocycles. The first-order valence-corrected chi connectivity index (χ1v) is 6.14. The monoisotopic (exact) mass is 237 g/mol. The van der Waals surface area contributed by atoms with Gasteiger partial charge in [0, 0.05) is 5.78 Å². The van der Waals surface area contributed by atoms with Crippen molar-refractivity contribution in [2.45, 2.75) is 31.3 Å². The van der Waals surface area contributed by atoms with Gasteiger partial charge in [-0.25, -0.2) is 0 Å². The summed E-state index contributed by atoms with van der Waals surface area (Å²) in [6.45, 7) is 0.360. The van der Waals surface area contributed by atoms with Crippen LogP contribution in [0.2, 0.25) is 0 Å². The van der Waals surface area contributed by atoms with Crippen LogP contribution < -0.4 is 5.32 Å². The molecule has 1 aliphatic rings. The molecule has 86 valence electrons. The SMILES string of the molecule is O=C(OCc1ccccc1)[C@@H]1CC[C@@H](P)N1. The van der Waals surface area contributed by atoms with Crippen LogP contribution in [0.5, 0.6) is 0 Å². The van der Waals surface area contributed by atoms with Crippen molar-refractivity contribution in [3.8, 4) is 0 Å². The third-order valence-corrected chi connectivity index (χ3v) is 3.22. The lowest BCUT2D eigenvalue weighted by Gasteiger charge is -2.11. The highest BCUT2D eigenvalue weighted by molar-refractivity contribution is 7.17. The van der Waals surface area contributed by atoms with Crippen LogP contribution in [-0.4, -0.2) is 17.8 Å². The van der Waals surface area contributed by atoms with Gasteiger partial charge in [-0.2, -0.15) is 0 Å². The van der Waals surface area contributed by atoms with E-state index in [0.29, 0.717) is 12.4 Å². The standard InChI is InChI=1S/C12H16NO2P/c14-12(10-6-7-11(16)13-10)15-8-9-4-2-1-3-5-9/h1-5,10-11,13H,6-8,16H2/t10-,11+/m0/s1. The highest BCUT2D eigenvalue weighted by Gasteiger charge is 2.27. The second-order valence-electron chi connectivity index (χ2n) is 4.00. The van der Waals surface area contributed by atoms with Gasteiger partial charge in [-0.05, 0) is 18.4 Å². The van der Waals surface area contributed by atoms with Crippen molar-refractivity contribution in [1.29, 1.82) is 0 Å². The van der Waals surface area contributed by atoms with Gasteiger partial charge in [-0.15, -0.1) is 9.24 Å². The molecule has 16 heavy (non-hydrogen) atoms. The number of carbonyl (C=O) groups excluding carboxylic acids is 1. The average molecular weight is 237 g/mol. The van der Waals surface area contributed by atoms with Crippen molar-refractivity contribution in [3.05, 3.63) is 35.9 Å². The van der Waals surface area contributed by atoms with Gasteiger partial charge in [0.25, 0.3) is 0 Å². The molecular weight excluding hydrogens is 221 g/mol. The lowest BCUT2D eigenvalue weighted by atomic mass is 10.2. The molecule has 1 N–H and O–H groups in total. The molecule has 0 aliphatic carbocycles. The minimum absolute atomic E-state index is 0.133. The van der Waals surface area contributed by atoms with Crippen LogP contribution in [0.1, 0.15) is 18.4 Å². The quantitative estimate of drug-likeness (QED) is 0.642. The minimum atomic E-state index is -0.145. The van der Waals surface area contributed by atoms with Crippen LogP contribution in [0.25, 0.3) is 0 Å². The smallest absolute Gasteiger partial charge is 0.323 e. The predicted octanol–water partition coefficient (Wildman–Crippen LogP) is 1.68. The topological polar surface area (TPSA) is 38.3 Å². The fraction of sp³-hybridized carbons (Fsp3) is 0.417. The van der Waals surface area contributed by atoms with Crippen molar-refractivity contribution in [3.63, 3.8) is 0 Å². The molecule has 1 saturated heterocycles. The molecule has 3 nitrogen and oxygen atoms in total. The zero-order valence-electron chi connectivity index (χ0n) is 9.06. The number of carbonyl (C=O) groups is 1. The van der Waals surface area contributed by atoms with Crippen molar-refractivity contribution in [2.75, 3.05) is 0 Å². The lowest BCUT2D eigenvalue weighted by molar-refractivity contribution is -0.147. The van der Waals surface area contributed by atoms with Crippen LogP contribution in [-0.2, 0) is 16.1 Å². The van der Waals surface area contributed by atoms with Gasteiger partial charge in [-0.1, -0.05) is 30.3 Å². The first-order valence-electron chi connectivity index (χ1n) is 5.48. The number of hydrogen-bond donors (Lipinski definition) is 1. The van der Waals surface area contributed by atoms with E-state index >= 15 is 0 Å². The van der Waals surface area contributed by atoms with Crippen LogP contribution in [0.15, 0.2) is 30.3 Å². The summed E-state index contributed by atoms with van der Waals surface area (Å²) in [5, 5.41) is 3.18. The summed E-state index contributed by atoms with van der Waals surface area (Å²) in [6, 6.07) is 9.60. The number of ether oxygens (including phenoxy) is 1. The molecule has 0 amide bonds. The van der Waals surface area contributed by atoms with Crippen LogP contribution in [0.3, 0.4) is 0 Å². The molecular formula is C12H16NO2P. The molecule has 0 bridgehead atoms. The Balaban J connectivity index is 1.80. The average Bonchev–Trinajstić information content (AvgIpc) is 2.74.